The lowest BCUT2D eigenvalue weighted by atomic mass is 10.1. The highest BCUT2D eigenvalue weighted by molar-refractivity contribution is 5.96. The Morgan fingerprint density at radius 1 is 1.38 bits per heavy atom. The molecule has 1 fully saturated rings. The number of unbranched alkanes of at least 4 members (excludes halogenated alkanes) is 1. The summed E-state index contributed by atoms with van der Waals surface area (Å²) in [5, 5.41) is 10.0. The van der Waals surface area contributed by atoms with E-state index in [-0.39, 0.29) is 23.9 Å². The molecule has 1 aromatic carbocycles. The largest absolute Gasteiger partial charge is 0.497 e. The summed E-state index contributed by atoms with van der Waals surface area (Å²) < 4.78 is 8.44. The van der Waals surface area contributed by atoms with Gasteiger partial charge in [0.25, 0.3) is 5.56 Å². The minimum Gasteiger partial charge on any atom is -0.497 e. The maximum atomic E-state index is 13.6. The van der Waals surface area contributed by atoms with Gasteiger partial charge in [0, 0.05) is 31.2 Å². The number of fused-ring (bicyclic) bond motifs is 1. The minimum absolute atomic E-state index is 0.0167. The molecule has 0 spiro atoms. The van der Waals surface area contributed by atoms with E-state index in [1.165, 1.54) is 18.0 Å². The van der Waals surface area contributed by atoms with Gasteiger partial charge >= 0.3 is 0 Å². The van der Waals surface area contributed by atoms with Crippen molar-refractivity contribution in [2.75, 3.05) is 25.1 Å². The monoisotopic (exact) mass is 462 g/mol. The number of hydrogen-bond acceptors (Lipinski definition) is 7. The van der Waals surface area contributed by atoms with Gasteiger partial charge in [-0.15, -0.1) is 0 Å². The Morgan fingerprint density at radius 3 is 2.91 bits per heavy atom. The number of carbonyl (C=O) groups excluding carboxylic acids is 1. The van der Waals surface area contributed by atoms with E-state index in [1.54, 1.807) is 24.3 Å². The Hall–Kier alpha value is -3.64. The smallest absolute Gasteiger partial charge is 0.278 e. The summed E-state index contributed by atoms with van der Waals surface area (Å²) in [6, 6.07) is 9.13. The SMILES string of the molecule is CCCCn1c(N2CCC[C@H](N)C2)c(C#N)c2ncn(CC(=O)c3cccc(OC)c3)c(=O)c21. The molecule has 9 heteroatoms. The van der Waals surface area contributed by atoms with Crippen molar-refractivity contribution in [3.8, 4) is 11.8 Å². The van der Waals surface area contributed by atoms with Crippen molar-refractivity contribution in [1.82, 2.24) is 14.1 Å². The number of hydrogen-bond donors (Lipinski definition) is 1. The molecule has 1 aliphatic heterocycles. The van der Waals surface area contributed by atoms with E-state index in [2.05, 4.69) is 22.9 Å². The van der Waals surface area contributed by atoms with Gasteiger partial charge in [0.2, 0.25) is 0 Å². The molecule has 2 aromatic heterocycles. The van der Waals surface area contributed by atoms with E-state index in [9.17, 15) is 14.9 Å². The van der Waals surface area contributed by atoms with Crippen molar-refractivity contribution in [2.24, 2.45) is 5.73 Å². The number of benzene rings is 1. The van der Waals surface area contributed by atoms with E-state index in [0.717, 1.165) is 32.2 Å². The molecule has 0 amide bonds. The van der Waals surface area contributed by atoms with Gasteiger partial charge in [-0.05, 0) is 31.4 Å². The molecule has 0 aliphatic carbocycles. The fourth-order valence-electron chi connectivity index (χ4n) is 4.57. The highest BCUT2D eigenvalue weighted by atomic mass is 16.5. The molecule has 4 rings (SSSR count). The van der Waals surface area contributed by atoms with Gasteiger partial charge in [-0.1, -0.05) is 25.5 Å². The Kier molecular flexibility index (Phi) is 6.98. The Balaban J connectivity index is 1.81. The van der Waals surface area contributed by atoms with Crippen LogP contribution in [0.4, 0.5) is 5.82 Å². The highest BCUT2D eigenvalue weighted by Crippen LogP contribution is 2.32. The number of rotatable bonds is 8. The zero-order valence-corrected chi connectivity index (χ0v) is 19.7. The number of nitrogens with zero attached hydrogens (tertiary/aromatic N) is 5. The van der Waals surface area contributed by atoms with Crippen LogP contribution in [0.15, 0.2) is 35.4 Å². The number of nitriles is 1. The van der Waals surface area contributed by atoms with Gasteiger partial charge < -0.3 is 19.9 Å². The summed E-state index contributed by atoms with van der Waals surface area (Å²) in [6.07, 6.45) is 5.00. The third-order valence-corrected chi connectivity index (χ3v) is 6.31. The molecule has 2 N–H and O–H groups in total. The van der Waals surface area contributed by atoms with Crippen LogP contribution in [-0.4, -0.2) is 46.1 Å². The van der Waals surface area contributed by atoms with Crippen molar-refractivity contribution < 1.29 is 9.53 Å². The summed E-state index contributed by atoms with van der Waals surface area (Å²) >= 11 is 0. The minimum atomic E-state index is -0.332. The maximum Gasteiger partial charge on any atom is 0.278 e. The van der Waals surface area contributed by atoms with Crippen LogP contribution in [0.2, 0.25) is 0 Å². The molecule has 1 atom stereocenters. The van der Waals surface area contributed by atoms with Crippen molar-refractivity contribution in [1.29, 1.82) is 5.26 Å². The van der Waals surface area contributed by atoms with Crippen molar-refractivity contribution in [3.05, 3.63) is 52.1 Å². The van der Waals surface area contributed by atoms with E-state index < -0.39 is 0 Å². The third kappa shape index (κ3) is 4.41. The first-order chi connectivity index (χ1) is 16.5. The van der Waals surface area contributed by atoms with Crippen LogP contribution in [-0.2, 0) is 13.1 Å². The summed E-state index contributed by atoms with van der Waals surface area (Å²) in [4.78, 5) is 33.1. The average molecular weight is 463 g/mol. The topological polar surface area (TPSA) is 119 Å². The van der Waals surface area contributed by atoms with Gasteiger partial charge in [0.1, 0.15) is 34.2 Å². The lowest BCUT2D eigenvalue weighted by Gasteiger charge is -2.33. The second-order valence-corrected chi connectivity index (χ2v) is 8.69. The number of aryl methyl sites for hydroxylation is 1. The average Bonchev–Trinajstić information content (AvgIpc) is 3.18. The maximum absolute atomic E-state index is 13.6. The number of carbonyl (C=O) groups is 1. The number of ether oxygens (including phenoxy) is 1. The summed E-state index contributed by atoms with van der Waals surface area (Å²) in [5.74, 6) is 1.06. The number of methoxy groups -OCH3 is 1. The van der Waals surface area contributed by atoms with Crippen molar-refractivity contribution in [3.63, 3.8) is 0 Å². The first kappa shape index (κ1) is 23.5. The molecular weight excluding hydrogens is 432 g/mol. The second kappa shape index (κ2) is 10.1. The summed E-state index contributed by atoms with van der Waals surface area (Å²) in [5.41, 5.74) is 7.47. The number of ketones is 1. The van der Waals surface area contributed by atoms with Gasteiger partial charge in [0.05, 0.1) is 20.0 Å². The molecule has 3 aromatic rings. The molecule has 0 radical (unpaired) electrons. The van der Waals surface area contributed by atoms with Gasteiger partial charge in [0.15, 0.2) is 5.78 Å². The molecular formula is C25H30N6O3. The quantitative estimate of drug-likeness (QED) is 0.511. The first-order valence-corrected chi connectivity index (χ1v) is 11.7. The molecule has 34 heavy (non-hydrogen) atoms. The highest BCUT2D eigenvalue weighted by Gasteiger charge is 2.28. The van der Waals surface area contributed by atoms with E-state index in [4.69, 9.17) is 10.5 Å². The predicted molar refractivity (Wildman–Crippen MR) is 130 cm³/mol. The molecule has 1 aliphatic rings. The molecule has 0 saturated carbocycles. The normalized spacial score (nSPS) is 15.9. The number of nitrogens with two attached hydrogens (primary N) is 1. The lowest BCUT2D eigenvalue weighted by molar-refractivity contribution is 0.0970. The van der Waals surface area contributed by atoms with Gasteiger partial charge in [-0.3, -0.25) is 14.2 Å². The third-order valence-electron chi connectivity index (χ3n) is 6.31. The van der Waals surface area contributed by atoms with Crippen LogP contribution in [0.25, 0.3) is 11.0 Å². The fraction of sp³-hybridized carbons (Fsp3) is 0.440. The molecule has 178 valence electrons. The number of piperidine rings is 1. The Morgan fingerprint density at radius 2 is 2.21 bits per heavy atom. The molecule has 1 saturated heterocycles. The number of anilines is 1. The van der Waals surface area contributed by atoms with Crippen LogP contribution in [0.3, 0.4) is 0 Å². The van der Waals surface area contributed by atoms with Crippen LogP contribution in [0.5, 0.6) is 5.75 Å². The Labute approximate surface area is 198 Å². The van der Waals surface area contributed by atoms with Crippen LogP contribution >= 0.6 is 0 Å². The lowest BCUT2D eigenvalue weighted by Crippen LogP contribution is -2.44. The van der Waals surface area contributed by atoms with Crippen LogP contribution < -0.4 is 20.9 Å². The number of Topliss-reactive ketones (excluding diaryl/α,β-unsaturated/α-hetero) is 1. The summed E-state index contributed by atoms with van der Waals surface area (Å²) in [7, 11) is 1.54. The van der Waals surface area contributed by atoms with Crippen molar-refractivity contribution in [2.45, 2.75) is 51.7 Å². The number of aromatic nitrogens is 3. The predicted octanol–water partition coefficient (Wildman–Crippen LogP) is 2.69. The second-order valence-electron chi connectivity index (χ2n) is 8.69. The molecule has 9 nitrogen and oxygen atoms in total. The van der Waals surface area contributed by atoms with Crippen LogP contribution in [0, 0.1) is 11.3 Å². The van der Waals surface area contributed by atoms with Crippen LogP contribution in [0.1, 0.15) is 48.5 Å². The van der Waals surface area contributed by atoms with E-state index >= 15 is 0 Å². The standard InChI is InChI=1S/C25H30N6O3/c1-3-4-11-31-23-22(20(13-26)24(31)29-10-6-8-18(27)14-29)28-16-30(25(23)33)15-21(32)17-7-5-9-19(12-17)34-2/h5,7,9,12,16,18H,3-4,6,8,10-11,14-15,27H2,1-2H3/t18-/m0/s1. The Bertz CT molecular complexity index is 1300. The van der Waals surface area contributed by atoms with E-state index in [0.29, 0.717) is 46.8 Å². The molecule has 0 bridgehead atoms. The molecule has 0 unspecified atom stereocenters. The zero-order chi connectivity index (χ0) is 24.2. The zero-order valence-electron chi connectivity index (χ0n) is 19.7. The van der Waals surface area contributed by atoms with Gasteiger partial charge in [-0.2, -0.15) is 5.26 Å². The summed E-state index contributed by atoms with van der Waals surface area (Å²) in [6.45, 7) is 3.91. The van der Waals surface area contributed by atoms with Crippen molar-refractivity contribution >= 4 is 22.6 Å². The van der Waals surface area contributed by atoms with E-state index in [1.807, 2.05) is 4.57 Å². The first-order valence-electron chi connectivity index (χ1n) is 11.7. The molecule has 3 heterocycles. The fourth-order valence-corrected chi connectivity index (χ4v) is 4.57. The van der Waals surface area contributed by atoms with Gasteiger partial charge in [-0.25, -0.2) is 4.98 Å².